The smallest absolute Gasteiger partial charge is 0.329 e. The standard InChI is InChI=1S/C7H11N3O2S/c1-7(2,5(11)12)10(3)6-8-4-9-13-6/h4H,1-3H3,(H,11,12). The Labute approximate surface area is 80.2 Å². The first kappa shape index (κ1) is 9.91. The zero-order chi connectivity index (χ0) is 10.1. The highest BCUT2D eigenvalue weighted by Gasteiger charge is 2.33. The summed E-state index contributed by atoms with van der Waals surface area (Å²) < 4.78 is 3.81. The molecule has 0 spiro atoms. The van der Waals surface area contributed by atoms with Crippen molar-refractivity contribution in [2.45, 2.75) is 19.4 Å². The van der Waals surface area contributed by atoms with Crippen molar-refractivity contribution < 1.29 is 9.90 Å². The van der Waals surface area contributed by atoms with Gasteiger partial charge in [-0.2, -0.15) is 4.37 Å². The number of nitrogens with zero attached hydrogens (tertiary/aromatic N) is 3. The fourth-order valence-corrected chi connectivity index (χ4v) is 1.33. The predicted molar refractivity (Wildman–Crippen MR) is 50.0 cm³/mol. The molecule has 1 rings (SSSR count). The minimum absolute atomic E-state index is 0.604. The van der Waals surface area contributed by atoms with E-state index in [2.05, 4.69) is 9.36 Å². The summed E-state index contributed by atoms with van der Waals surface area (Å²) in [7, 11) is 1.69. The molecule has 0 bridgehead atoms. The Bertz CT molecular complexity index is 297. The third-order valence-corrected chi connectivity index (χ3v) is 2.74. The second-order valence-corrected chi connectivity index (χ2v) is 3.91. The summed E-state index contributed by atoms with van der Waals surface area (Å²) >= 11 is 1.18. The van der Waals surface area contributed by atoms with Crippen molar-refractivity contribution in [3.05, 3.63) is 6.33 Å². The summed E-state index contributed by atoms with van der Waals surface area (Å²) in [5.41, 5.74) is -0.959. The second kappa shape index (κ2) is 3.29. The third-order valence-electron chi connectivity index (χ3n) is 2.00. The van der Waals surface area contributed by atoms with Gasteiger partial charge in [-0.05, 0) is 13.8 Å². The van der Waals surface area contributed by atoms with Gasteiger partial charge < -0.3 is 10.0 Å². The Balaban J connectivity index is 2.90. The predicted octanol–water partition coefficient (Wildman–Crippen LogP) is 0.837. The number of rotatable bonds is 3. The molecule has 0 aliphatic carbocycles. The average molecular weight is 201 g/mol. The molecule has 0 atom stereocenters. The van der Waals surface area contributed by atoms with Crippen LogP contribution in [0.5, 0.6) is 0 Å². The van der Waals surface area contributed by atoms with Gasteiger partial charge in [0.1, 0.15) is 11.9 Å². The molecule has 0 saturated heterocycles. The van der Waals surface area contributed by atoms with Gasteiger partial charge in [0, 0.05) is 18.6 Å². The van der Waals surface area contributed by atoms with Crippen LogP contribution in [0, 0.1) is 0 Å². The van der Waals surface area contributed by atoms with Crippen molar-refractivity contribution in [1.29, 1.82) is 0 Å². The van der Waals surface area contributed by atoms with E-state index in [9.17, 15) is 4.79 Å². The number of aliphatic carboxylic acids is 1. The van der Waals surface area contributed by atoms with E-state index in [4.69, 9.17) is 5.11 Å². The number of carboxylic acid groups (broad SMARTS) is 1. The second-order valence-electron chi connectivity index (χ2n) is 3.15. The van der Waals surface area contributed by atoms with Crippen LogP contribution in [-0.2, 0) is 4.79 Å². The van der Waals surface area contributed by atoms with Crippen LogP contribution < -0.4 is 4.90 Å². The van der Waals surface area contributed by atoms with E-state index in [1.807, 2.05) is 0 Å². The maximum atomic E-state index is 10.9. The Morgan fingerprint density at radius 2 is 2.31 bits per heavy atom. The summed E-state index contributed by atoms with van der Waals surface area (Å²) in [6, 6.07) is 0. The maximum absolute atomic E-state index is 10.9. The fourth-order valence-electron chi connectivity index (χ4n) is 0.698. The lowest BCUT2D eigenvalue weighted by molar-refractivity contribution is -0.142. The molecule has 13 heavy (non-hydrogen) atoms. The molecule has 0 amide bonds. The highest BCUT2D eigenvalue weighted by molar-refractivity contribution is 7.09. The monoisotopic (exact) mass is 201 g/mol. The summed E-state index contributed by atoms with van der Waals surface area (Å²) in [6.45, 7) is 3.24. The van der Waals surface area contributed by atoms with Gasteiger partial charge in [-0.3, -0.25) is 0 Å². The van der Waals surface area contributed by atoms with Gasteiger partial charge in [0.2, 0.25) is 5.13 Å². The number of anilines is 1. The number of aromatic nitrogens is 2. The molecular formula is C7H11N3O2S. The van der Waals surface area contributed by atoms with Crippen molar-refractivity contribution in [2.24, 2.45) is 0 Å². The van der Waals surface area contributed by atoms with E-state index in [1.165, 1.54) is 17.9 Å². The molecule has 0 unspecified atom stereocenters. The topological polar surface area (TPSA) is 66.3 Å². The van der Waals surface area contributed by atoms with Gasteiger partial charge in [-0.1, -0.05) is 0 Å². The minimum Gasteiger partial charge on any atom is -0.480 e. The summed E-state index contributed by atoms with van der Waals surface area (Å²) in [4.78, 5) is 16.4. The molecule has 6 heteroatoms. The first-order valence-corrected chi connectivity index (χ1v) is 4.47. The van der Waals surface area contributed by atoms with Crippen molar-refractivity contribution in [3.63, 3.8) is 0 Å². The highest BCUT2D eigenvalue weighted by Crippen LogP contribution is 2.22. The molecule has 1 N–H and O–H groups in total. The van der Waals surface area contributed by atoms with E-state index in [0.717, 1.165) is 0 Å². The molecule has 72 valence electrons. The van der Waals surface area contributed by atoms with Gasteiger partial charge >= 0.3 is 5.97 Å². The van der Waals surface area contributed by atoms with Crippen LogP contribution in [0.4, 0.5) is 5.13 Å². The highest BCUT2D eigenvalue weighted by atomic mass is 32.1. The lowest BCUT2D eigenvalue weighted by atomic mass is 10.1. The Morgan fingerprint density at radius 3 is 2.69 bits per heavy atom. The molecule has 0 aromatic carbocycles. The van der Waals surface area contributed by atoms with Gasteiger partial charge in [0.05, 0.1) is 0 Å². The maximum Gasteiger partial charge on any atom is 0.329 e. The Kier molecular flexibility index (Phi) is 2.51. The number of hydrogen-bond donors (Lipinski definition) is 1. The van der Waals surface area contributed by atoms with Gasteiger partial charge in [0.15, 0.2) is 0 Å². The van der Waals surface area contributed by atoms with Crippen molar-refractivity contribution in [1.82, 2.24) is 9.36 Å². The number of likely N-dealkylation sites (N-methyl/N-ethyl adjacent to an activating group) is 1. The van der Waals surface area contributed by atoms with Crippen molar-refractivity contribution in [3.8, 4) is 0 Å². The third kappa shape index (κ3) is 1.77. The van der Waals surface area contributed by atoms with E-state index in [-0.39, 0.29) is 0 Å². The number of carboxylic acids is 1. The molecule has 1 aromatic rings. The first-order chi connectivity index (χ1) is 5.96. The molecular weight excluding hydrogens is 190 g/mol. The fraction of sp³-hybridized carbons (Fsp3) is 0.571. The lowest BCUT2D eigenvalue weighted by Gasteiger charge is -2.30. The molecule has 0 fully saturated rings. The van der Waals surface area contributed by atoms with Crippen molar-refractivity contribution >= 4 is 22.6 Å². The van der Waals surface area contributed by atoms with Crippen LogP contribution in [0.1, 0.15) is 13.8 Å². The van der Waals surface area contributed by atoms with Crippen LogP contribution in [0.3, 0.4) is 0 Å². The molecule has 0 radical (unpaired) electrons. The minimum atomic E-state index is -0.959. The van der Waals surface area contributed by atoms with Crippen LogP contribution in [0.2, 0.25) is 0 Å². The molecule has 0 aliphatic rings. The molecule has 1 aromatic heterocycles. The van der Waals surface area contributed by atoms with Gasteiger partial charge in [0.25, 0.3) is 0 Å². The zero-order valence-corrected chi connectivity index (χ0v) is 8.50. The lowest BCUT2D eigenvalue weighted by Crippen LogP contribution is -2.48. The Morgan fingerprint density at radius 1 is 1.69 bits per heavy atom. The van der Waals surface area contributed by atoms with Gasteiger partial charge in [-0.25, -0.2) is 9.78 Å². The SMILES string of the molecule is CN(c1ncns1)C(C)(C)C(=O)O. The molecule has 5 nitrogen and oxygen atoms in total. The van der Waals surface area contributed by atoms with E-state index < -0.39 is 11.5 Å². The molecule has 1 heterocycles. The van der Waals surface area contributed by atoms with Crippen molar-refractivity contribution in [2.75, 3.05) is 11.9 Å². The summed E-state index contributed by atoms with van der Waals surface area (Å²) in [6.07, 6.45) is 1.41. The quantitative estimate of drug-likeness (QED) is 0.784. The zero-order valence-electron chi connectivity index (χ0n) is 7.68. The van der Waals surface area contributed by atoms with Crippen LogP contribution in [0.25, 0.3) is 0 Å². The first-order valence-electron chi connectivity index (χ1n) is 3.70. The van der Waals surface area contributed by atoms with E-state index >= 15 is 0 Å². The number of hydrogen-bond acceptors (Lipinski definition) is 5. The largest absolute Gasteiger partial charge is 0.480 e. The van der Waals surface area contributed by atoms with Crippen LogP contribution in [-0.4, -0.2) is 33.0 Å². The number of carbonyl (C=O) groups is 1. The van der Waals surface area contributed by atoms with Gasteiger partial charge in [-0.15, -0.1) is 0 Å². The van der Waals surface area contributed by atoms with E-state index in [1.54, 1.807) is 25.8 Å². The summed E-state index contributed by atoms with van der Waals surface area (Å²) in [5, 5.41) is 9.53. The van der Waals surface area contributed by atoms with Crippen LogP contribution in [0.15, 0.2) is 6.33 Å². The average Bonchev–Trinajstić information content (AvgIpc) is 2.54. The molecule has 0 saturated carbocycles. The van der Waals surface area contributed by atoms with Crippen LogP contribution >= 0.6 is 11.5 Å². The Hall–Kier alpha value is -1.17. The molecule has 0 aliphatic heterocycles. The van der Waals surface area contributed by atoms with E-state index in [0.29, 0.717) is 5.13 Å². The summed E-state index contributed by atoms with van der Waals surface area (Å²) in [5.74, 6) is -0.884. The normalized spacial score (nSPS) is 11.3.